The van der Waals surface area contributed by atoms with Crippen LogP contribution in [0, 0.1) is 6.92 Å². The van der Waals surface area contributed by atoms with Crippen molar-refractivity contribution in [3.63, 3.8) is 0 Å². The van der Waals surface area contributed by atoms with Gasteiger partial charge in [-0.15, -0.1) is 0 Å². The second-order valence-corrected chi connectivity index (χ2v) is 7.20. The molecule has 0 aliphatic heterocycles. The van der Waals surface area contributed by atoms with Gasteiger partial charge in [-0.2, -0.15) is 8.42 Å². The van der Waals surface area contributed by atoms with E-state index in [9.17, 15) is 13.5 Å². The lowest BCUT2D eigenvalue weighted by atomic mass is 10.0. The molecule has 0 fully saturated rings. The Hall–Kier alpha value is -2.38. The number of hydrogen-bond acceptors (Lipinski definition) is 5. The monoisotopic (exact) mass is 361 g/mol. The molecule has 1 N–H and O–H groups in total. The van der Waals surface area contributed by atoms with Gasteiger partial charge in [0.05, 0.1) is 23.6 Å². The van der Waals surface area contributed by atoms with E-state index in [1.165, 1.54) is 12.1 Å². The van der Waals surface area contributed by atoms with Crippen LogP contribution in [-0.4, -0.2) is 32.3 Å². The lowest BCUT2D eigenvalue weighted by Crippen LogP contribution is -2.31. The number of benzene rings is 2. The Kier molecular flexibility index (Phi) is 6.55. The highest BCUT2D eigenvalue weighted by Crippen LogP contribution is 2.16. The first-order valence-electron chi connectivity index (χ1n) is 7.64. The molecule has 0 heterocycles. The Balaban J connectivity index is 2.04. The van der Waals surface area contributed by atoms with Crippen molar-refractivity contribution >= 4 is 10.1 Å². The van der Waals surface area contributed by atoms with Crippen molar-refractivity contribution in [2.24, 2.45) is 5.11 Å². The largest absolute Gasteiger partial charge is 0.390 e. The zero-order chi connectivity index (χ0) is 18.3. The van der Waals surface area contributed by atoms with Crippen molar-refractivity contribution < 1.29 is 17.7 Å². The molecule has 0 bridgehead atoms. The molecule has 0 unspecified atom stereocenters. The summed E-state index contributed by atoms with van der Waals surface area (Å²) in [4.78, 5) is 2.73. The van der Waals surface area contributed by atoms with Gasteiger partial charge in [0, 0.05) is 4.91 Å². The topological polar surface area (TPSA) is 112 Å². The van der Waals surface area contributed by atoms with E-state index in [1.807, 2.05) is 37.3 Å². The Morgan fingerprint density at radius 1 is 1.16 bits per heavy atom. The lowest BCUT2D eigenvalue weighted by Gasteiger charge is -2.18. The van der Waals surface area contributed by atoms with Crippen LogP contribution < -0.4 is 0 Å². The molecule has 0 radical (unpaired) electrons. The summed E-state index contributed by atoms with van der Waals surface area (Å²) in [5, 5.41) is 13.8. The van der Waals surface area contributed by atoms with Crippen LogP contribution >= 0.6 is 0 Å². The van der Waals surface area contributed by atoms with Crippen molar-refractivity contribution in [3.8, 4) is 0 Å². The fourth-order valence-electron chi connectivity index (χ4n) is 2.22. The molecule has 2 aromatic rings. The van der Waals surface area contributed by atoms with Crippen LogP contribution in [0.5, 0.6) is 0 Å². The second-order valence-electron chi connectivity index (χ2n) is 5.58. The highest BCUT2D eigenvalue weighted by atomic mass is 32.2. The van der Waals surface area contributed by atoms with E-state index in [0.717, 1.165) is 11.1 Å². The Morgan fingerprint density at radius 3 is 2.40 bits per heavy atom. The van der Waals surface area contributed by atoms with E-state index < -0.39 is 28.9 Å². The fourth-order valence-corrected chi connectivity index (χ4v) is 3.14. The molecule has 0 amide bonds. The number of aryl methyl sites for hydroxylation is 1. The fraction of sp³-hybridized carbons (Fsp3) is 0.294. The van der Waals surface area contributed by atoms with Gasteiger partial charge in [-0.25, -0.2) is 0 Å². The molecule has 25 heavy (non-hydrogen) atoms. The summed E-state index contributed by atoms with van der Waals surface area (Å²) in [6.07, 6.45) is -0.976. The normalized spacial score (nSPS) is 13.7. The maximum absolute atomic E-state index is 12.1. The van der Waals surface area contributed by atoms with Crippen LogP contribution in [-0.2, 0) is 20.7 Å². The molecule has 2 rings (SSSR count). The molecular weight excluding hydrogens is 342 g/mol. The third-order valence-electron chi connectivity index (χ3n) is 3.64. The second kappa shape index (κ2) is 8.64. The number of aliphatic hydroxyl groups excluding tert-OH is 1. The van der Waals surface area contributed by atoms with Crippen molar-refractivity contribution in [2.45, 2.75) is 30.4 Å². The Morgan fingerprint density at radius 2 is 1.80 bits per heavy atom. The van der Waals surface area contributed by atoms with Crippen molar-refractivity contribution in [3.05, 3.63) is 76.2 Å². The quantitative estimate of drug-likeness (QED) is 0.337. The van der Waals surface area contributed by atoms with Crippen LogP contribution in [0.25, 0.3) is 10.4 Å². The number of rotatable bonds is 8. The number of nitrogens with zero attached hydrogens (tertiary/aromatic N) is 3. The molecule has 7 nitrogen and oxygen atoms in total. The summed E-state index contributed by atoms with van der Waals surface area (Å²) in [5.41, 5.74) is 10.5. The van der Waals surface area contributed by atoms with Gasteiger partial charge in [0.1, 0.15) is 0 Å². The predicted octanol–water partition coefficient (Wildman–Crippen LogP) is 2.98. The van der Waals surface area contributed by atoms with Crippen molar-refractivity contribution in [1.82, 2.24) is 0 Å². The van der Waals surface area contributed by atoms with Gasteiger partial charge in [0.15, 0.2) is 0 Å². The Bertz CT molecular complexity index is 832. The van der Waals surface area contributed by atoms with Gasteiger partial charge >= 0.3 is 0 Å². The zero-order valence-corrected chi connectivity index (χ0v) is 14.5. The highest BCUT2D eigenvalue weighted by Gasteiger charge is 2.23. The molecule has 0 aliphatic rings. The molecule has 2 atom stereocenters. The molecule has 2 aromatic carbocycles. The predicted molar refractivity (Wildman–Crippen MR) is 93.4 cm³/mol. The van der Waals surface area contributed by atoms with Crippen LogP contribution in [0.2, 0.25) is 0 Å². The Labute approximate surface area is 146 Å². The average Bonchev–Trinajstić information content (AvgIpc) is 2.61. The minimum atomic E-state index is -3.99. The third-order valence-corrected chi connectivity index (χ3v) is 4.93. The SMILES string of the molecule is Cc1ccc(S(=O)(=O)OC[C@@H](O)[C@H](Cc2ccccc2)N=[N+]=[N-])cc1. The zero-order valence-electron chi connectivity index (χ0n) is 13.7. The van der Waals surface area contributed by atoms with Crippen LogP contribution in [0.3, 0.4) is 0 Å². The molecular formula is C17H19N3O4S. The van der Waals surface area contributed by atoms with E-state index in [2.05, 4.69) is 10.0 Å². The molecule has 132 valence electrons. The standard InChI is InChI=1S/C17H19N3O4S/c1-13-7-9-15(10-8-13)25(22,23)24-12-17(21)16(19-20-18)11-14-5-3-2-4-6-14/h2-10,16-17,21H,11-12H2,1H3/t16-,17+/m0/s1. The summed E-state index contributed by atoms with van der Waals surface area (Å²) in [6.45, 7) is 1.35. The summed E-state index contributed by atoms with van der Waals surface area (Å²) < 4.78 is 29.2. The number of azide groups is 1. The van der Waals surface area contributed by atoms with E-state index >= 15 is 0 Å². The van der Waals surface area contributed by atoms with Crippen LogP contribution in [0.4, 0.5) is 0 Å². The molecule has 0 saturated carbocycles. The maximum atomic E-state index is 12.1. The summed E-state index contributed by atoms with van der Waals surface area (Å²) in [6, 6.07) is 14.5. The minimum absolute atomic E-state index is 0.00805. The van der Waals surface area contributed by atoms with Crippen molar-refractivity contribution in [2.75, 3.05) is 6.61 Å². The number of hydrogen-bond donors (Lipinski definition) is 1. The first kappa shape index (κ1) is 19.0. The molecule has 8 heteroatoms. The van der Waals surface area contributed by atoms with Gasteiger partial charge in [0.25, 0.3) is 10.1 Å². The number of aliphatic hydroxyl groups is 1. The first-order chi connectivity index (χ1) is 11.9. The molecule has 0 aromatic heterocycles. The smallest absolute Gasteiger partial charge is 0.297 e. The highest BCUT2D eigenvalue weighted by molar-refractivity contribution is 7.86. The molecule has 0 saturated heterocycles. The van der Waals surface area contributed by atoms with Gasteiger partial charge in [-0.1, -0.05) is 53.1 Å². The summed E-state index contributed by atoms with van der Waals surface area (Å²) >= 11 is 0. The summed E-state index contributed by atoms with van der Waals surface area (Å²) in [7, 11) is -3.99. The third kappa shape index (κ3) is 5.58. The van der Waals surface area contributed by atoms with Crippen molar-refractivity contribution in [1.29, 1.82) is 0 Å². The average molecular weight is 361 g/mol. The van der Waals surface area contributed by atoms with E-state index in [1.54, 1.807) is 12.1 Å². The first-order valence-corrected chi connectivity index (χ1v) is 9.05. The van der Waals surface area contributed by atoms with Gasteiger partial charge in [-0.3, -0.25) is 4.18 Å². The van der Waals surface area contributed by atoms with E-state index in [-0.39, 0.29) is 11.3 Å². The van der Waals surface area contributed by atoms with Gasteiger partial charge in [-0.05, 0) is 36.6 Å². The van der Waals surface area contributed by atoms with Crippen LogP contribution in [0.1, 0.15) is 11.1 Å². The lowest BCUT2D eigenvalue weighted by molar-refractivity contribution is 0.0880. The van der Waals surface area contributed by atoms with Crippen LogP contribution in [0.15, 0.2) is 64.6 Å². The maximum Gasteiger partial charge on any atom is 0.297 e. The van der Waals surface area contributed by atoms with E-state index in [4.69, 9.17) is 9.71 Å². The van der Waals surface area contributed by atoms with E-state index in [0.29, 0.717) is 0 Å². The molecule has 0 spiro atoms. The summed E-state index contributed by atoms with van der Waals surface area (Å²) in [5.74, 6) is 0. The van der Waals surface area contributed by atoms with Gasteiger partial charge in [0.2, 0.25) is 0 Å². The molecule has 0 aliphatic carbocycles. The minimum Gasteiger partial charge on any atom is -0.390 e. The van der Waals surface area contributed by atoms with Gasteiger partial charge < -0.3 is 5.11 Å².